The summed E-state index contributed by atoms with van der Waals surface area (Å²) in [6.07, 6.45) is 0.655. The summed E-state index contributed by atoms with van der Waals surface area (Å²) < 4.78 is 31.7. The number of nitrogens with one attached hydrogen (secondary N) is 1. The molecule has 0 atom stereocenters. The molecule has 1 saturated heterocycles. The van der Waals surface area contributed by atoms with Crippen LogP contribution in [0.1, 0.15) is 16.1 Å². The summed E-state index contributed by atoms with van der Waals surface area (Å²) in [7, 11) is -3.65. The predicted molar refractivity (Wildman–Crippen MR) is 87.1 cm³/mol. The molecule has 0 saturated carbocycles. The fourth-order valence-electron chi connectivity index (χ4n) is 1.98. The molecule has 0 bridgehead atoms. The first kappa shape index (κ1) is 19.3. The van der Waals surface area contributed by atoms with Crippen LogP contribution in [0.5, 0.6) is 0 Å². The molecular weight excluding hydrogens is 350 g/mol. The number of ether oxygens (including phenoxy) is 1. The van der Waals surface area contributed by atoms with E-state index in [-0.39, 0.29) is 28.1 Å². The standard InChI is InChI=1S/C12H19N3O4S2.ClH/c13-3-1-4-14-12(16)11-10(2-9-20-11)21(17,18)15-5-7-19-8-6-15;/h2,9H,1,3-8,13H2,(H,14,16);1H. The van der Waals surface area contributed by atoms with Gasteiger partial charge < -0.3 is 15.8 Å². The van der Waals surface area contributed by atoms with Crippen LogP contribution < -0.4 is 11.1 Å². The third-order valence-corrected chi connectivity index (χ3v) is 6.07. The molecule has 10 heteroatoms. The molecule has 1 fully saturated rings. The molecule has 126 valence electrons. The van der Waals surface area contributed by atoms with Crippen LogP contribution in [-0.4, -0.2) is 58.0 Å². The van der Waals surface area contributed by atoms with Crippen molar-refractivity contribution >= 4 is 39.7 Å². The van der Waals surface area contributed by atoms with Crippen molar-refractivity contribution in [2.24, 2.45) is 5.73 Å². The molecule has 0 spiro atoms. The number of halogens is 1. The van der Waals surface area contributed by atoms with E-state index in [0.29, 0.717) is 45.8 Å². The summed E-state index contributed by atoms with van der Waals surface area (Å²) in [5.41, 5.74) is 5.37. The minimum atomic E-state index is -3.65. The largest absolute Gasteiger partial charge is 0.379 e. The van der Waals surface area contributed by atoms with Crippen LogP contribution in [0.15, 0.2) is 16.3 Å². The van der Waals surface area contributed by atoms with E-state index in [0.717, 1.165) is 11.3 Å². The molecule has 0 aliphatic carbocycles. The summed E-state index contributed by atoms with van der Waals surface area (Å²) in [5.74, 6) is -0.370. The first-order valence-corrected chi connectivity index (χ1v) is 9.03. The number of carbonyl (C=O) groups excluding carboxylic acids is 1. The van der Waals surface area contributed by atoms with Gasteiger partial charge in [-0.2, -0.15) is 4.31 Å². The van der Waals surface area contributed by atoms with Crippen molar-refractivity contribution < 1.29 is 17.9 Å². The van der Waals surface area contributed by atoms with Gasteiger partial charge in [-0.15, -0.1) is 23.7 Å². The Kier molecular flexibility index (Phi) is 7.74. The smallest absolute Gasteiger partial charge is 0.262 e. The van der Waals surface area contributed by atoms with Crippen LogP contribution in [0.2, 0.25) is 0 Å². The molecular formula is C12H20ClN3O4S2. The van der Waals surface area contributed by atoms with Gasteiger partial charge in [0.25, 0.3) is 5.91 Å². The van der Waals surface area contributed by atoms with Gasteiger partial charge in [0, 0.05) is 19.6 Å². The van der Waals surface area contributed by atoms with E-state index >= 15 is 0 Å². The number of nitrogens with two attached hydrogens (primary N) is 1. The maximum Gasteiger partial charge on any atom is 0.262 e. The number of amides is 1. The van der Waals surface area contributed by atoms with Gasteiger partial charge in [-0.05, 0) is 24.4 Å². The van der Waals surface area contributed by atoms with Gasteiger partial charge in [0.2, 0.25) is 10.0 Å². The molecule has 1 aromatic rings. The Morgan fingerprint density at radius 2 is 2.09 bits per heavy atom. The van der Waals surface area contributed by atoms with Crippen LogP contribution in [-0.2, 0) is 14.8 Å². The van der Waals surface area contributed by atoms with Crippen molar-refractivity contribution in [2.45, 2.75) is 11.3 Å². The Hall–Kier alpha value is -0.710. The monoisotopic (exact) mass is 369 g/mol. The van der Waals surface area contributed by atoms with Crippen molar-refractivity contribution in [1.29, 1.82) is 0 Å². The maximum atomic E-state index is 12.6. The first-order valence-electron chi connectivity index (χ1n) is 6.71. The highest BCUT2D eigenvalue weighted by molar-refractivity contribution is 7.89. The second kappa shape index (κ2) is 8.80. The van der Waals surface area contributed by atoms with Gasteiger partial charge in [-0.3, -0.25) is 4.79 Å². The fourth-order valence-corrected chi connectivity index (χ4v) is 4.70. The van der Waals surface area contributed by atoms with Crippen LogP contribution in [0.4, 0.5) is 0 Å². The summed E-state index contributed by atoms with van der Waals surface area (Å²) in [6.45, 7) is 2.29. The van der Waals surface area contributed by atoms with Crippen molar-refractivity contribution in [2.75, 3.05) is 39.4 Å². The van der Waals surface area contributed by atoms with Gasteiger partial charge in [0.05, 0.1) is 13.2 Å². The zero-order valence-electron chi connectivity index (χ0n) is 12.0. The van der Waals surface area contributed by atoms with E-state index in [1.165, 1.54) is 10.4 Å². The van der Waals surface area contributed by atoms with Gasteiger partial charge >= 0.3 is 0 Å². The van der Waals surface area contributed by atoms with E-state index in [9.17, 15) is 13.2 Å². The number of sulfonamides is 1. The number of nitrogens with zero attached hydrogens (tertiary/aromatic N) is 1. The Morgan fingerprint density at radius 1 is 1.41 bits per heavy atom. The van der Waals surface area contributed by atoms with Crippen molar-refractivity contribution in [3.05, 3.63) is 16.3 Å². The van der Waals surface area contributed by atoms with Crippen molar-refractivity contribution in [3.63, 3.8) is 0 Å². The number of hydrogen-bond donors (Lipinski definition) is 2. The third kappa shape index (κ3) is 4.40. The van der Waals surface area contributed by atoms with Crippen molar-refractivity contribution in [3.8, 4) is 0 Å². The molecule has 1 aliphatic heterocycles. The first-order chi connectivity index (χ1) is 10.1. The van der Waals surface area contributed by atoms with Gasteiger partial charge in [-0.1, -0.05) is 0 Å². The zero-order valence-corrected chi connectivity index (χ0v) is 14.4. The van der Waals surface area contributed by atoms with E-state index in [1.807, 2.05) is 0 Å². The maximum absolute atomic E-state index is 12.6. The molecule has 0 radical (unpaired) electrons. The quantitative estimate of drug-likeness (QED) is 0.701. The molecule has 1 amide bonds. The Balaban J connectivity index is 0.00000242. The van der Waals surface area contributed by atoms with Crippen LogP contribution in [0, 0.1) is 0 Å². The Morgan fingerprint density at radius 3 is 2.73 bits per heavy atom. The molecule has 0 aromatic carbocycles. The SMILES string of the molecule is Cl.NCCCNC(=O)c1sccc1S(=O)(=O)N1CCOCC1. The Bertz CT molecular complexity index is 585. The Labute approximate surface area is 140 Å². The molecule has 0 unspecified atom stereocenters. The van der Waals surface area contributed by atoms with Crippen LogP contribution in [0.3, 0.4) is 0 Å². The lowest BCUT2D eigenvalue weighted by atomic mass is 10.4. The highest BCUT2D eigenvalue weighted by Crippen LogP contribution is 2.25. The van der Waals surface area contributed by atoms with E-state index < -0.39 is 10.0 Å². The number of rotatable bonds is 6. The van der Waals surface area contributed by atoms with Gasteiger partial charge in [-0.25, -0.2) is 8.42 Å². The van der Waals surface area contributed by atoms with E-state index in [2.05, 4.69) is 5.32 Å². The number of carbonyl (C=O) groups is 1. The molecule has 7 nitrogen and oxygen atoms in total. The lowest BCUT2D eigenvalue weighted by Gasteiger charge is -2.26. The van der Waals surface area contributed by atoms with Crippen molar-refractivity contribution in [1.82, 2.24) is 9.62 Å². The van der Waals surface area contributed by atoms with E-state index in [1.54, 1.807) is 5.38 Å². The minimum absolute atomic E-state index is 0. The normalized spacial score (nSPS) is 16.0. The van der Waals surface area contributed by atoms with Gasteiger partial charge in [0.1, 0.15) is 9.77 Å². The average molecular weight is 370 g/mol. The average Bonchev–Trinajstić information content (AvgIpc) is 2.98. The molecule has 22 heavy (non-hydrogen) atoms. The molecule has 3 N–H and O–H groups in total. The number of thiophene rings is 1. The van der Waals surface area contributed by atoms with Gasteiger partial charge in [0.15, 0.2) is 0 Å². The second-order valence-electron chi connectivity index (χ2n) is 4.53. The van der Waals surface area contributed by atoms with Crippen LogP contribution >= 0.6 is 23.7 Å². The highest BCUT2D eigenvalue weighted by atomic mass is 35.5. The van der Waals surface area contributed by atoms with Crippen LogP contribution in [0.25, 0.3) is 0 Å². The third-order valence-electron chi connectivity index (χ3n) is 3.09. The summed E-state index contributed by atoms with van der Waals surface area (Å²) in [6, 6.07) is 1.48. The second-order valence-corrected chi connectivity index (χ2v) is 7.35. The molecule has 2 heterocycles. The van der Waals surface area contributed by atoms with E-state index in [4.69, 9.17) is 10.5 Å². The molecule has 1 aliphatic rings. The number of morpholine rings is 1. The topological polar surface area (TPSA) is 102 Å². The predicted octanol–water partition coefficient (Wildman–Crippen LogP) is 0.269. The summed E-state index contributed by atoms with van der Waals surface area (Å²) >= 11 is 1.13. The number of hydrogen-bond acceptors (Lipinski definition) is 6. The molecule has 2 rings (SSSR count). The lowest BCUT2D eigenvalue weighted by Crippen LogP contribution is -2.41. The summed E-state index contributed by atoms with van der Waals surface area (Å²) in [5, 5.41) is 4.30. The highest BCUT2D eigenvalue weighted by Gasteiger charge is 2.31. The molecule has 1 aromatic heterocycles. The fraction of sp³-hybridized carbons (Fsp3) is 0.583. The zero-order chi connectivity index (χ0) is 15.3. The summed E-state index contributed by atoms with van der Waals surface area (Å²) in [4.78, 5) is 12.4. The lowest BCUT2D eigenvalue weighted by molar-refractivity contribution is 0.0730. The minimum Gasteiger partial charge on any atom is -0.379 e.